The Bertz CT molecular complexity index is 320. The monoisotopic (exact) mass is 224 g/mol. The van der Waals surface area contributed by atoms with Crippen LogP contribution in [0.5, 0.6) is 0 Å². The van der Waals surface area contributed by atoms with Crippen molar-refractivity contribution in [1.82, 2.24) is 15.0 Å². The number of imidazole rings is 1. The predicted octanol–water partition coefficient (Wildman–Crippen LogP) is 0.221. The molecule has 3 N–H and O–H groups in total. The lowest BCUT2D eigenvalue weighted by Crippen LogP contribution is -2.39. The highest BCUT2D eigenvalue weighted by Gasteiger charge is 2.21. The third-order valence-corrected chi connectivity index (χ3v) is 3.23. The minimum atomic E-state index is 0.285. The highest BCUT2D eigenvalue weighted by molar-refractivity contribution is 4.94. The lowest BCUT2D eigenvalue weighted by molar-refractivity contribution is 0.181. The summed E-state index contributed by atoms with van der Waals surface area (Å²) in [6.07, 6.45) is 6.86. The molecule has 0 amide bonds. The molecule has 1 aliphatic rings. The van der Waals surface area contributed by atoms with Crippen LogP contribution in [0.3, 0.4) is 0 Å². The van der Waals surface area contributed by atoms with E-state index in [4.69, 9.17) is 10.6 Å². The van der Waals surface area contributed by atoms with Gasteiger partial charge in [-0.3, -0.25) is 11.3 Å². The topological polar surface area (TPSA) is 65.1 Å². The minimum absolute atomic E-state index is 0.285. The summed E-state index contributed by atoms with van der Waals surface area (Å²) >= 11 is 0. The number of rotatable bonds is 5. The summed E-state index contributed by atoms with van der Waals surface area (Å²) in [6, 6.07) is 0.285. The van der Waals surface area contributed by atoms with Crippen LogP contribution in [0.1, 0.15) is 18.7 Å². The van der Waals surface area contributed by atoms with Crippen LogP contribution >= 0.6 is 0 Å². The fourth-order valence-electron chi connectivity index (χ4n) is 2.20. The highest BCUT2D eigenvalue weighted by Crippen LogP contribution is 2.19. The van der Waals surface area contributed by atoms with E-state index in [9.17, 15) is 0 Å². The molecule has 2 atom stereocenters. The van der Waals surface area contributed by atoms with Gasteiger partial charge in [-0.2, -0.15) is 0 Å². The number of aryl methyl sites for hydroxylation is 1. The van der Waals surface area contributed by atoms with E-state index < -0.39 is 0 Å². The van der Waals surface area contributed by atoms with Crippen molar-refractivity contribution >= 4 is 0 Å². The molecule has 2 unspecified atom stereocenters. The van der Waals surface area contributed by atoms with Gasteiger partial charge in [-0.05, 0) is 18.8 Å². The Kier molecular flexibility index (Phi) is 3.93. The summed E-state index contributed by atoms with van der Waals surface area (Å²) in [7, 11) is 2.01. The van der Waals surface area contributed by atoms with Gasteiger partial charge in [-0.1, -0.05) is 0 Å². The zero-order valence-electron chi connectivity index (χ0n) is 9.72. The number of nitrogens with two attached hydrogens (primary N) is 1. The maximum atomic E-state index is 5.59. The minimum Gasteiger partial charge on any atom is -0.381 e. The molecule has 1 fully saturated rings. The summed E-state index contributed by atoms with van der Waals surface area (Å²) in [6.45, 7) is 1.77. The van der Waals surface area contributed by atoms with Gasteiger partial charge >= 0.3 is 0 Å². The van der Waals surface area contributed by atoms with Gasteiger partial charge in [0.15, 0.2) is 0 Å². The third-order valence-electron chi connectivity index (χ3n) is 3.23. The maximum absolute atomic E-state index is 5.59. The van der Waals surface area contributed by atoms with E-state index in [1.165, 1.54) is 0 Å². The summed E-state index contributed by atoms with van der Waals surface area (Å²) < 4.78 is 7.41. The van der Waals surface area contributed by atoms with Crippen LogP contribution in [0.25, 0.3) is 0 Å². The molecule has 1 saturated heterocycles. The molecule has 0 aliphatic carbocycles. The zero-order valence-corrected chi connectivity index (χ0v) is 9.72. The van der Waals surface area contributed by atoms with Crippen LogP contribution in [0.4, 0.5) is 0 Å². The van der Waals surface area contributed by atoms with Gasteiger partial charge in [0.1, 0.15) is 5.82 Å². The van der Waals surface area contributed by atoms with Crippen LogP contribution < -0.4 is 11.3 Å². The van der Waals surface area contributed by atoms with E-state index in [0.717, 1.165) is 38.3 Å². The lowest BCUT2D eigenvalue weighted by atomic mass is 9.97. The Morgan fingerprint density at radius 3 is 3.19 bits per heavy atom. The van der Waals surface area contributed by atoms with E-state index in [0.29, 0.717) is 5.92 Å². The normalized spacial score (nSPS) is 22.5. The Morgan fingerprint density at radius 2 is 2.62 bits per heavy atom. The summed E-state index contributed by atoms with van der Waals surface area (Å²) in [5.74, 6) is 7.30. The van der Waals surface area contributed by atoms with Gasteiger partial charge in [0.05, 0.1) is 0 Å². The smallest absolute Gasteiger partial charge is 0.109 e. The Morgan fingerprint density at radius 1 is 1.75 bits per heavy atom. The molecule has 1 aromatic rings. The van der Waals surface area contributed by atoms with Crippen LogP contribution in [-0.2, 0) is 18.2 Å². The molecular weight excluding hydrogens is 204 g/mol. The number of ether oxygens (including phenoxy) is 1. The second-order valence-electron chi connectivity index (χ2n) is 4.49. The lowest BCUT2D eigenvalue weighted by Gasteiger charge is -2.18. The Balaban J connectivity index is 1.87. The number of hydrogen-bond donors (Lipinski definition) is 2. The molecule has 0 aromatic carbocycles. The number of aromatic nitrogens is 2. The standard InChI is InChI=1S/C11H20N4O/c1-15-4-3-13-11(15)7-10(14-12)6-9-2-5-16-8-9/h3-4,9-10,14H,2,5-8,12H2,1H3. The molecule has 2 heterocycles. The van der Waals surface area contributed by atoms with Crippen LogP contribution in [-0.4, -0.2) is 28.8 Å². The molecule has 0 bridgehead atoms. The van der Waals surface area contributed by atoms with E-state index >= 15 is 0 Å². The largest absolute Gasteiger partial charge is 0.381 e. The predicted molar refractivity (Wildman–Crippen MR) is 61.6 cm³/mol. The second kappa shape index (κ2) is 5.43. The second-order valence-corrected chi connectivity index (χ2v) is 4.49. The molecule has 5 nitrogen and oxygen atoms in total. The summed E-state index contributed by atoms with van der Waals surface area (Å²) in [5, 5.41) is 0. The van der Waals surface area contributed by atoms with Crippen LogP contribution in [0.2, 0.25) is 0 Å². The third kappa shape index (κ3) is 2.81. The molecule has 16 heavy (non-hydrogen) atoms. The highest BCUT2D eigenvalue weighted by atomic mass is 16.5. The first-order chi connectivity index (χ1) is 7.79. The molecule has 5 heteroatoms. The number of hydrogen-bond acceptors (Lipinski definition) is 4. The van der Waals surface area contributed by atoms with Gasteiger partial charge in [-0.15, -0.1) is 0 Å². The SMILES string of the molecule is Cn1ccnc1CC(CC1CCOC1)NN. The Hall–Kier alpha value is -0.910. The zero-order chi connectivity index (χ0) is 11.4. The average Bonchev–Trinajstić information content (AvgIpc) is 2.90. The first-order valence-electron chi connectivity index (χ1n) is 5.79. The van der Waals surface area contributed by atoms with E-state index in [1.807, 2.05) is 24.0 Å². The van der Waals surface area contributed by atoms with E-state index in [-0.39, 0.29) is 6.04 Å². The quantitative estimate of drug-likeness (QED) is 0.555. The van der Waals surface area contributed by atoms with Gasteiger partial charge in [0.2, 0.25) is 0 Å². The molecule has 0 spiro atoms. The van der Waals surface area contributed by atoms with Crippen molar-refractivity contribution in [3.8, 4) is 0 Å². The molecule has 2 rings (SSSR count). The summed E-state index contributed by atoms with van der Waals surface area (Å²) in [4.78, 5) is 4.31. The van der Waals surface area contributed by atoms with Gasteiger partial charge in [-0.25, -0.2) is 4.98 Å². The molecular formula is C11H20N4O. The molecule has 1 aliphatic heterocycles. The number of nitrogens with zero attached hydrogens (tertiary/aromatic N) is 2. The first kappa shape index (κ1) is 11.6. The van der Waals surface area contributed by atoms with Gasteiger partial charge in [0, 0.05) is 45.1 Å². The van der Waals surface area contributed by atoms with Gasteiger partial charge in [0.25, 0.3) is 0 Å². The van der Waals surface area contributed by atoms with Crippen molar-refractivity contribution in [3.05, 3.63) is 18.2 Å². The number of nitrogens with one attached hydrogen (secondary N) is 1. The van der Waals surface area contributed by atoms with Crippen molar-refractivity contribution in [2.75, 3.05) is 13.2 Å². The average molecular weight is 224 g/mol. The molecule has 1 aromatic heterocycles. The van der Waals surface area contributed by atoms with Crippen molar-refractivity contribution in [1.29, 1.82) is 0 Å². The van der Waals surface area contributed by atoms with E-state index in [1.54, 1.807) is 0 Å². The van der Waals surface area contributed by atoms with Crippen LogP contribution in [0, 0.1) is 5.92 Å². The van der Waals surface area contributed by atoms with Crippen molar-refractivity contribution in [3.63, 3.8) is 0 Å². The van der Waals surface area contributed by atoms with Gasteiger partial charge < -0.3 is 9.30 Å². The van der Waals surface area contributed by atoms with Crippen molar-refractivity contribution in [2.45, 2.75) is 25.3 Å². The molecule has 90 valence electrons. The molecule has 0 radical (unpaired) electrons. The van der Waals surface area contributed by atoms with Crippen LogP contribution in [0.15, 0.2) is 12.4 Å². The summed E-state index contributed by atoms with van der Waals surface area (Å²) in [5.41, 5.74) is 2.89. The maximum Gasteiger partial charge on any atom is 0.109 e. The fraction of sp³-hybridized carbons (Fsp3) is 0.727. The first-order valence-corrected chi connectivity index (χ1v) is 5.79. The van der Waals surface area contributed by atoms with Crippen molar-refractivity contribution in [2.24, 2.45) is 18.8 Å². The molecule has 0 saturated carbocycles. The van der Waals surface area contributed by atoms with E-state index in [2.05, 4.69) is 10.4 Å². The van der Waals surface area contributed by atoms with Crippen molar-refractivity contribution < 1.29 is 4.74 Å². The number of hydrazine groups is 1. The fourth-order valence-corrected chi connectivity index (χ4v) is 2.20. The Labute approximate surface area is 96.0 Å².